The molecule has 0 aliphatic heterocycles. The van der Waals surface area contributed by atoms with Crippen molar-refractivity contribution < 1.29 is 4.74 Å². The van der Waals surface area contributed by atoms with Crippen LogP contribution in [0.4, 0.5) is 5.82 Å². The van der Waals surface area contributed by atoms with Crippen molar-refractivity contribution in [2.75, 3.05) is 12.4 Å². The van der Waals surface area contributed by atoms with Gasteiger partial charge in [0.15, 0.2) is 0 Å². The second-order valence-electron chi connectivity index (χ2n) is 4.78. The molecule has 2 unspecified atom stereocenters. The SMILES string of the molecule is COc1cccc2c(NC(C)CC(C)Br)nccc12. The van der Waals surface area contributed by atoms with Crippen molar-refractivity contribution in [3.8, 4) is 5.75 Å². The van der Waals surface area contributed by atoms with Crippen LogP contribution < -0.4 is 10.1 Å². The molecule has 1 aromatic heterocycles. The first-order valence-electron chi connectivity index (χ1n) is 6.44. The Kier molecular flexibility index (Phi) is 4.64. The molecule has 2 aromatic rings. The summed E-state index contributed by atoms with van der Waals surface area (Å²) in [7, 11) is 1.69. The van der Waals surface area contributed by atoms with Crippen LogP contribution >= 0.6 is 15.9 Å². The quantitative estimate of drug-likeness (QED) is 0.837. The van der Waals surface area contributed by atoms with Crippen LogP contribution in [-0.4, -0.2) is 23.0 Å². The highest BCUT2D eigenvalue weighted by Crippen LogP contribution is 2.29. The number of halogens is 1. The summed E-state index contributed by atoms with van der Waals surface area (Å²) < 4.78 is 5.39. The molecule has 0 aliphatic carbocycles. The fourth-order valence-electron chi connectivity index (χ4n) is 2.25. The summed E-state index contributed by atoms with van der Waals surface area (Å²) in [6, 6.07) is 8.37. The zero-order chi connectivity index (χ0) is 13.8. The predicted molar refractivity (Wildman–Crippen MR) is 84.4 cm³/mol. The summed E-state index contributed by atoms with van der Waals surface area (Å²) >= 11 is 3.58. The third-order valence-corrected chi connectivity index (χ3v) is 3.42. The summed E-state index contributed by atoms with van der Waals surface area (Å²) in [6.07, 6.45) is 2.86. The molecule has 2 rings (SSSR count). The fraction of sp³-hybridized carbons (Fsp3) is 0.400. The van der Waals surface area contributed by atoms with Crippen LogP contribution in [0.3, 0.4) is 0 Å². The summed E-state index contributed by atoms with van der Waals surface area (Å²) in [5.41, 5.74) is 0. The van der Waals surface area contributed by atoms with Crippen LogP contribution in [0, 0.1) is 0 Å². The summed E-state index contributed by atoms with van der Waals surface area (Å²) in [5, 5.41) is 5.65. The van der Waals surface area contributed by atoms with Gasteiger partial charge in [0.2, 0.25) is 0 Å². The summed E-state index contributed by atoms with van der Waals surface area (Å²) in [4.78, 5) is 4.93. The van der Waals surface area contributed by atoms with Gasteiger partial charge in [-0.25, -0.2) is 4.98 Å². The molecular formula is C15H19BrN2O. The minimum absolute atomic E-state index is 0.360. The van der Waals surface area contributed by atoms with Gasteiger partial charge in [0, 0.05) is 27.8 Å². The average molecular weight is 323 g/mol. The van der Waals surface area contributed by atoms with E-state index in [0.29, 0.717) is 10.9 Å². The monoisotopic (exact) mass is 322 g/mol. The highest BCUT2D eigenvalue weighted by Gasteiger charge is 2.10. The van der Waals surface area contributed by atoms with Crippen LogP contribution in [0.15, 0.2) is 30.5 Å². The minimum atomic E-state index is 0.360. The van der Waals surface area contributed by atoms with Crippen molar-refractivity contribution in [1.82, 2.24) is 4.98 Å². The standard InChI is InChI=1S/C15H19BrN2O/c1-10(16)9-11(2)18-15-13-5-4-6-14(19-3)12(13)7-8-17-15/h4-8,10-11H,9H2,1-3H3,(H,17,18). The second kappa shape index (κ2) is 6.24. The van der Waals surface area contributed by atoms with E-state index < -0.39 is 0 Å². The number of alkyl halides is 1. The number of nitrogens with zero attached hydrogens (tertiary/aromatic N) is 1. The van der Waals surface area contributed by atoms with E-state index in [4.69, 9.17) is 4.74 Å². The van der Waals surface area contributed by atoms with Crippen molar-refractivity contribution in [2.24, 2.45) is 0 Å². The maximum Gasteiger partial charge on any atom is 0.134 e. The smallest absolute Gasteiger partial charge is 0.134 e. The predicted octanol–water partition coefficient (Wildman–Crippen LogP) is 4.22. The summed E-state index contributed by atoms with van der Waals surface area (Å²) in [5.74, 6) is 1.79. The Morgan fingerprint density at radius 3 is 2.74 bits per heavy atom. The fourth-order valence-corrected chi connectivity index (χ4v) is 2.81. The van der Waals surface area contributed by atoms with Gasteiger partial charge in [-0.3, -0.25) is 0 Å². The van der Waals surface area contributed by atoms with Gasteiger partial charge < -0.3 is 10.1 Å². The lowest BCUT2D eigenvalue weighted by atomic mass is 10.1. The first kappa shape index (κ1) is 14.1. The van der Waals surface area contributed by atoms with E-state index in [0.717, 1.165) is 28.8 Å². The third-order valence-electron chi connectivity index (χ3n) is 3.05. The highest BCUT2D eigenvalue weighted by atomic mass is 79.9. The number of aromatic nitrogens is 1. The number of methoxy groups -OCH3 is 1. The number of ether oxygens (including phenoxy) is 1. The van der Waals surface area contributed by atoms with Gasteiger partial charge in [-0.1, -0.05) is 35.0 Å². The molecular weight excluding hydrogens is 304 g/mol. The van der Waals surface area contributed by atoms with Gasteiger partial charge in [0.1, 0.15) is 11.6 Å². The molecule has 0 radical (unpaired) electrons. The minimum Gasteiger partial charge on any atom is -0.496 e. The van der Waals surface area contributed by atoms with Gasteiger partial charge in [0.05, 0.1) is 7.11 Å². The molecule has 0 aliphatic rings. The first-order valence-corrected chi connectivity index (χ1v) is 7.35. The number of anilines is 1. The van der Waals surface area contributed by atoms with E-state index in [1.165, 1.54) is 0 Å². The Morgan fingerprint density at radius 1 is 1.26 bits per heavy atom. The zero-order valence-electron chi connectivity index (χ0n) is 11.5. The normalized spacial score (nSPS) is 14.1. The van der Waals surface area contributed by atoms with Crippen molar-refractivity contribution >= 4 is 32.5 Å². The van der Waals surface area contributed by atoms with Crippen LogP contribution in [0.5, 0.6) is 5.75 Å². The van der Waals surface area contributed by atoms with Crippen molar-refractivity contribution in [3.05, 3.63) is 30.5 Å². The van der Waals surface area contributed by atoms with Crippen molar-refractivity contribution in [1.29, 1.82) is 0 Å². The van der Waals surface area contributed by atoms with E-state index in [1.807, 2.05) is 24.4 Å². The number of nitrogens with one attached hydrogen (secondary N) is 1. The van der Waals surface area contributed by atoms with Gasteiger partial charge in [-0.05, 0) is 25.5 Å². The number of fused-ring (bicyclic) bond motifs is 1. The molecule has 0 fully saturated rings. The van der Waals surface area contributed by atoms with Crippen LogP contribution in [0.25, 0.3) is 10.8 Å². The number of benzene rings is 1. The molecule has 4 heteroatoms. The zero-order valence-corrected chi connectivity index (χ0v) is 13.1. The van der Waals surface area contributed by atoms with Crippen molar-refractivity contribution in [3.63, 3.8) is 0 Å². The lowest BCUT2D eigenvalue weighted by Gasteiger charge is -2.17. The molecule has 1 heterocycles. The second-order valence-corrected chi connectivity index (χ2v) is 6.34. The molecule has 3 nitrogen and oxygen atoms in total. The van der Waals surface area contributed by atoms with E-state index >= 15 is 0 Å². The number of hydrogen-bond donors (Lipinski definition) is 1. The van der Waals surface area contributed by atoms with E-state index in [2.05, 4.69) is 46.1 Å². The van der Waals surface area contributed by atoms with Gasteiger partial charge >= 0.3 is 0 Å². The van der Waals surface area contributed by atoms with Crippen LogP contribution in [0.1, 0.15) is 20.3 Å². The molecule has 102 valence electrons. The first-order chi connectivity index (χ1) is 9.11. The van der Waals surface area contributed by atoms with E-state index in [-0.39, 0.29) is 0 Å². The van der Waals surface area contributed by atoms with E-state index in [9.17, 15) is 0 Å². The van der Waals surface area contributed by atoms with E-state index in [1.54, 1.807) is 7.11 Å². The van der Waals surface area contributed by atoms with Crippen molar-refractivity contribution in [2.45, 2.75) is 31.1 Å². The Morgan fingerprint density at radius 2 is 2.05 bits per heavy atom. The largest absolute Gasteiger partial charge is 0.496 e. The topological polar surface area (TPSA) is 34.1 Å². The Hall–Kier alpha value is -1.29. The molecule has 1 aromatic carbocycles. The lowest BCUT2D eigenvalue weighted by molar-refractivity contribution is 0.420. The average Bonchev–Trinajstić information content (AvgIpc) is 2.37. The molecule has 19 heavy (non-hydrogen) atoms. The van der Waals surface area contributed by atoms with Gasteiger partial charge in [0.25, 0.3) is 0 Å². The molecule has 0 spiro atoms. The highest BCUT2D eigenvalue weighted by molar-refractivity contribution is 9.09. The molecule has 0 bridgehead atoms. The third kappa shape index (κ3) is 3.38. The number of hydrogen-bond acceptors (Lipinski definition) is 3. The maximum absolute atomic E-state index is 5.39. The molecule has 0 amide bonds. The Balaban J connectivity index is 2.33. The lowest BCUT2D eigenvalue weighted by Crippen LogP contribution is -2.19. The van der Waals surface area contributed by atoms with Gasteiger partial charge in [-0.2, -0.15) is 0 Å². The Labute approximate surface area is 122 Å². The van der Waals surface area contributed by atoms with Crippen LogP contribution in [-0.2, 0) is 0 Å². The molecule has 1 N–H and O–H groups in total. The Bertz CT molecular complexity index is 557. The maximum atomic E-state index is 5.39. The number of rotatable bonds is 5. The summed E-state index contributed by atoms with van der Waals surface area (Å²) in [6.45, 7) is 4.32. The van der Waals surface area contributed by atoms with Crippen LogP contribution in [0.2, 0.25) is 0 Å². The van der Waals surface area contributed by atoms with Gasteiger partial charge in [-0.15, -0.1) is 0 Å². The molecule has 0 saturated heterocycles. The molecule has 0 saturated carbocycles. The number of pyridine rings is 1. The molecule has 2 atom stereocenters.